The van der Waals surface area contributed by atoms with Crippen molar-refractivity contribution in [1.82, 2.24) is 10.2 Å². The highest BCUT2D eigenvalue weighted by Crippen LogP contribution is 2.19. The highest BCUT2D eigenvalue weighted by atomic mass is 16.2. The Balaban J connectivity index is 2.30. The number of hydrogen-bond donors (Lipinski definition) is 1. The fourth-order valence-electron chi connectivity index (χ4n) is 1.45. The average molecular weight is 190 g/mol. The first-order valence-corrected chi connectivity index (χ1v) is 4.33. The highest BCUT2D eigenvalue weighted by molar-refractivity contribution is 6.04. The minimum atomic E-state index is -0.520. The van der Waals surface area contributed by atoms with Gasteiger partial charge in [0.05, 0.1) is 0 Å². The van der Waals surface area contributed by atoms with E-state index in [0.717, 1.165) is 10.5 Å². The van der Waals surface area contributed by atoms with Gasteiger partial charge in [0.25, 0.3) is 5.91 Å². The number of benzene rings is 1. The van der Waals surface area contributed by atoms with E-state index in [1.165, 1.54) is 7.05 Å². The predicted octanol–water partition coefficient (Wildman–Crippen LogP) is 0.909. The van der Waals surface area contributed by atoms with Gasteiger partial charge in [-0.3, -0.25) is 9.69 Å². The summed E-state index contributed by atoms with van der Waals surface area (Å²) >= 11 is 0. The number of urea groups is 1. The number of nitrogens with zero attached hydrogens (tertiary/aromatic N) is 1. The fourth-order valence-corrected chi connectivity index (χ4v) is 1.45. The summed E-state index contributed by atoms with van der Waals surface area (Å²) in [4.78, 5) is 23.8. The molecule has 1 fully saturated rings. The predicted molar refractivity (Wildman–Crippen MR) is 50.5 cm³/mol. The SMILES string of the molecule is CN1C(=O)NC(c2ccccc2)C1=O. The summed E-state index contributed by atoms with van der Waals surface area (Å²) < 4.78 is 0. The summed E-state index contributed by atoms with van der Waals surface area (Å²) in [6.07, 6.45) is 0. The van der Waals surface area contributed by atoms with Crippen molar-refractivity contribution in [3.05, 3.63) is 35.9 Å². The molecule has 0 bridgehead atoms. The molecule has 0 radical (unpaired) electrons. The molecule has 1 atom stereocenters. The van der Waals surface area contributed by atoms with Crippen molar-refractivity contribution in [3.63, 3.8) is 0 Å². The van der Waals surface area contributed by atoms with Crippen molar-refractivity contribution in [3.8, 4) is 0 Å². The van der Waals surface area contributed by atoms with Crippen molar-refractivity contribution in [2.75, 3.05) is 7.05 Å². The van der Waals surface area contributed by atoms with Gasteiger partial charge < -0.3 is 5.32 Å². The highest BCUT2D eigenvalue weighted by Gasteiger charge is 2.35. The van der Waals surface area contributed by atoms with Crippen LogP contribution in [0, 0.1) is 0 Å². The fraction of sp³-hybridized carbons (Fsp3) is 0.200. The second-order valence-electron chi connectivity index (χ2n) is 3.19. The van der Waals surface area contributed by atoms with E-state index in [1.807, 2.05) is 30.3 Å². The maximum absolute atomic E-state index is 11.6. The van der Waals surface area contributed by atoms with Gasteiger partial charge in [-0.1, -0.05) is 30.3 Å². The number of rotatable bonds is 1. The first kappa shape index (κ1) is 8.74. The van der Waals surface area contributed by atoms with Gasteiger partial charge in [-0.25, -0.2) is 4.79 Å². The molecule has 0 aromatic heterocycles. The van der Waals surface area contributed by atoms with Crippen LogP contribution in [0.4, 0.5) is 4.79 Å². The molecule has 4 nitrogen and oxygen atoms in total. The van der Waals surface area contributed by atoms with E-state index in [4.69, 9.17) is 0 Å². The van der Waals surface area contributed by atoms with Gasteiger partial charge in [0.1, 0.15) is 6.04 Å². The van der Waals surface area contributed by atoms with Gasteiger partial charge in [0, 0.05) is 7.05 Å². The first-order valence-electron chi connectivity index (χ1n) is 4.33. The Bertz CT molecular complexity index is 375. The largest absolute Gasteiger partial charge is 0.324 e. The van der Waals surface area contributed by atoms with E-state index in [2.05, 4.69) is 5.32 Å². The Kier molecular flexibility index (Phi) is 1.96. The molecule has 0 aliphatic carbocycles. The smallest absolute Gasteiger partial charge is 0.322 e. The van der Waals surface area contributed by atoms with Crippen LogP contribution in [0.1, 0.15) is 11.6 Å². The van der Waals surface area contributed by atoms with E-state index in [1.54, 1.807) is 0 Å². The van der Waals surface area contributed by atoms with E-state index in [0.29, 0.717) is 0 Å². The van der Waals surface area contributed by atoms with Crippen LogP contribution < -0.4 is 5.32 Å². The van der Waals surface area contributed by atoms with Crippen LogP contribution in [0.2, 0.25) is 0 Å². The molecule has 1 aliphatic heterocycles. The molecular weight excluding hydrogens is 180 g/mol. The van der Waals surface area contributed by atoms with Crippen molar-refractivity contribution >= 4 is 11.9 Å². The monoisotopic (exact) mass is 190 g/mol. The van der Waals surface area contributed by atoms with Crippen molar-refractivity contribution in [2.45, 2.75) is 6.04 Å². The lowest BCUT2D eigenvalue weighted by Gasteiger charge is -2.07. The maximum atomic E-state index is 11.6. The van der Waals surface area contributed by atoms with Crippen molar-refractivity contribution in [1.29, 1.82) is 0 Å². The topological polar surface area (TPSA) is 49.4 Å². The van der Waals surface area contributed by atoms with Gasteiger partial charge in [0.15, 0.2) is 0 Å². The molecule has 1 aromatic carbocycles. The zero-order valence-corrected chi connectivity index (χ0v) is 7.73. The lowest BCUT2D eigenvalue weighted by atomic mass is 10.1. The van der Waals surface area contributed by atoms with Crippen LogP contribution in [-0.4, -0.2) is 23.9 Å². The molecule has 3 amide bonds. The van der Waals surface area contributed by atoms with Gasteiger partial charge >= 0.3 is 6.03 Å². The molecule has 0 spiro atoms. The minimum absolute atomic E-state index is 0.207. The minimum Gasteiger partial charge on any atom is -0.322 e. The average Bonchev–Trinajstić information content (AvgIpc) is 2.47. The zero-order valence-electron chi connectivity index (χ0n) is 7.73. The molecule has 1 aliphatic rings. The van der Waals surface area contributed by atoms with Crippen LogP contribution in [0.25, 0.3) is 0 Å². The molecular formula is C10H10N2O2. The van der Waals surface area contributed by atoms with Gasteiger partial charge in [-0.15, -0.1) is 0 Å². The molecule has 1 unspecified atom stereocenters. The first-order chi connectivity index (χ1) is 6.70. The lowest BCUT2D eigenvalue weighted by molar-refractivity contribution is -0.126. The lowest BCUT2D eigenvalue weighted by Crippen LogP contribution is -2.25. The van der Waals surface area contributed by atoms with E-state index < -0.39 is 6.04 Å². The van der Waals surface area contributed by atoms with E-state index in [-0.39, 0.29) is 11.9 Å². The molecule has 2 rings (SSSR count). The molecule has 1 saturated heterocycles. The molecule has 72 valence electrons. The third-order valence-electron chi connectivity index (χ3n) is 2.28. The van der Waals surface area contributed by atoms with Crippen molar-refractivity contribution < 1.29 is 9.59 Å². The molecule has 14 heavy (non-hydrogen) atoms. The second-order valence-corrected chi connectivity index (χ2v) is 3.19. The normalized spacial score (nSPS) is 21.2. The molecule has 1 heterocycles. The molecule has 0 saturated carbocycles. The Morgan fingerprint density at radius 2 is 1.86 bits per heavy atom. The van der Waals surface area contributed by atoms with Crippen LogP contribution in [0.5, 0.6) is 0 Å². The number of carbonyl (C=O) groups excluding carboxylic acids is 2. The van der Waals surface area contributed by atoms with E-state index >= 15 is 0 Å². The molecule has 1 N–H and O–H groups in total. The van der Waals surface area contributed by atoms with Crippen LogP contribution in [0.3, 0.4) is 0 Å². The summed E-state index contributed by atoms with van der Waals surface area (Å²) in [6, 6.07) is 8.33. The van der Waals surface area contributed by atoms with Gasteiger partial charge in [-0.05, 0) is 5.56 Å². The summed E-state index contributed by atoms with van der Waals surface area (Å²) in [5, 5.41) is 2.61. The van der Waals surface area contributed by atoms with E-state index in [9.17, 15) is 9.59 Å². The quantitative estimate of drug-likeness (QED) is 0.669. The van der Waals surface area contributed by atoms with Crippen LogP contribution >= 0.6 is 0 Å². The summed E-state index contributed by atoms with van der Waals surface area (Å²) in [6.45, 7) is 0. The van der Waals surface area contributed by atoms with Gasteiger partial charge in [0.2, 0.25) is 0 Å². The number of amides is 3. The van der Waals surface area contributed by atoms with Crippen LogP contribution in [-0.2, 0) is 4.79 Å². The maximum Gasteiger partial charge on any atom is 0.324 e. The third-order valence-corrected chi connectivity index (χ3v) is 2.28. The second kappa shape index (κ2) is 3.14. The Labute approximate surface area is 81.5 Å². The summed E-state index contributed by atoms with van der Waals surface area (Å²) in [7, 11) is 1.47. The Morgan fingerprint density at radius 3 is 2.36 bits per heavy atom. The number of nitrogens with one attached hydrogen (secondary N) is 1. The number of likely N-dealkylation sites (N-methyl/N-ethyl adjacent to an activating group) is 1. The number of imide groups is 1. The Morgan fingerprint density at radius 1 is 1.21 bits per heavy atom. The van der Waals surface area contributed by atoms with Gasteiger partial charge in [-0.2, -0.15) is 0 Å². The molecule has 4 heteroatoms. The number of hydrogen-bond acceptors (Lipinski definition) is 2. The number of carbonyl (C=O) groups is 2. The van der Waals surface area contributed by atoms with Crippen molar-refractivity contribution in [2.24, 2.45) is 0 Å². The zero-order chi connectivity index (χ0) is 10.1. The Hall–Kier alpha value is -1.84. The summed E-state index contributed by atoms with van der Waals surface area (Å²) in [5.74, 6) is -0.207. The van der Waals surface area contributed by atoms with Crippen LogP contribution in [0.15, 0.2) is 30.3 Å². The summed E-state index contributed by atoms with van der Waals surface area (Å²) in [5.41, 5.74) is 0.815. The molecule has 1 aromatic rings. The third kappa shape index (κ3) is 1.25. The standard InChI is InChI=1S/C10H10N2O2/c1-12-9(13)8(11-10(12)14)7-5-3-2-4-6-7/h2-6,8H,1H3,(H,11,14).